The first-order valence-electron chi connectivity index (χ1n) is 5.56. The molecule has 100 valence electrons. The fraction of sp³-hybridized carbons (Fsp3) is 0.143. The molecule has 0 aliphatic heterocycles. The first-order valence-corrected chi connectivity index (χ1v) is 6.64. The molecular formula is C14H11F3IN. The van der Waals surface area contributed by atoms with E-state index in [0.29, 0.717) is 5.56 Å². The standard InChI is InChI=1S/C14H11F3IN/c15-14(16,17)11-3-1-2-10(8-11)13(19)9-4-6-12(18)7-5-9/h1-8,13H,19H2. The summed E-state index contributed by atoms with van der Waals surface area (Å²) in [5.74, 6) is 0. The predicted octanol–water partition coefficient (Wildman–Crippen LogP) is 4.36. The zero-order chi connectivity index (χ0) is 14.0. The van der Waals surface area contributed by atoms with Gasteiger partial charge in [-0.3, -0.25) is 0 Å². The van der Waals surface area contributed by atoms with Crippen LogP contribution in [0, 0.1) is 3.57 Å². The minimum absolute atomic E-state index is 0.455. The zero-order valence-corrected chi connectivity index (χ0v) is 11.9. The van der Waals surface area contributed by atoms with Gasteiger partial charge in [-0.15, -0.1) is 0 Å². The minimum atomic E-state index is -4.35. The Balaban J connectivity index is 2.34. The molecule has 0 saturated carbocycles. The summed E-state index contributed by atoms with van der Waals surface area (Å²) in [5.41, 5.74) is 6.58. The van der Waals surface area contributed by atoms with Crippen molar-refractivity contribution in [2.75, 3.05) is 0 Å². The third kappa shape index (κ3) is 3.48. The summed E-state index contributed by atoms with van der Waals surface area (Å²) in [7, 11) is 0. The van der Waals surface area contributed by atoms with E-state index in [1.54, 1.807) is 6.07 Å². The zero-order valence-electron chi connectivity index (χ0n) is 9.79. The van der Waals surface area contributed by atoms with Crippen LogP contribution in [0.25, 0.3) is 0 Å². The highest BCUT2D eigenvalue weighted by Crippen LogP contribution is 2.31. The smallest absolute Gasteiger partial charge is 0.320 e. The largest absolute Gasteiger partial charge is 0.416 e. The predicted molar refractivity (Wildman–Crippen MR) is 76.6 cm³/mol. The van der Waals surface area contributed by atoms with Crippen molar-refractivity contribution in [3.8, 4) is 0 Å². The number of nitrogens with two attached hydrogens (primary N) is 1. The number of alkyl halides is 3. The first-order chi connectivity index (χ1) is 8.88. The molecule has 0 fully saturated rings. The molecule has 2 rings (SSSR count). The molecule has 0 bridgehead atoms. The van der Waals surface area contributed by atoms with E-state index in [9.17, 15) is 13.2 Å². The SMILES string of the molecule is NC(c1ccc(I)cc1)c1cccc(C(F)(F)F)c1. The van der Waals surface area contributed by atoms with Crippen LogP contribution in [0.4, 0.5) is 13.2 Å². The van der Waals surface area contributed by atoms with Crippen molar-refractivity contribution < 1.29 is 13.2 Å². The molecule has 0 aliphatic rings. The molecule has 0 heterocycles. The molecule has 0 aromatic heterocycles. The van der Waals surface area contributed by atoms with Gasteiger partial charge in [-0.1, -0.05) is 24.3 Å². The molecule has 2 aromatic rings. The van der Waals surface area contributed by atoms with Gasteiger partial charge < -0.3 is 5.73 Å². The second-order valence-corrected chi connectivity index (χ2v) is 5.40. The topological polar surface area (TPSA) is 26.0 Å². The number of hydrogen-bond acceptors (Lipinski definition) is 1. The van der Waals surface area contributed by atoms with E-state index >= 15 is 0 Å². The molecule has 0 saturated heterocycles. The van der Waals surface area contributed by atoms with E-state index in [1.807, 2.05) is 24.3 Å². The van der Waals surface area contributed by atoms with E-state index in [-0.39, 0.29) is 0 Å². The quantitative estimate of drug-likeness (QED) is 0.774. The van der Waals surface area contributed by atoms with Gasteiger partial charge in [0.25, 0.3) is 0 Å². The Morgan fingerprint density at radius 2 is 1.58 bits per heavy atom. The van der Waals surface area contributed by atoms with Crippen molar-refractivity contribution in [2.24, 2.45) is 5.73 Å². The van der Waals surface area contributed by atoms with Gasteiger partial charge in [-0.25, -0.2) is 0 Å². The minimum Gasteiger partial charge on any atom is -0.320 e. The first kappa shape index (κ1) is 14.3. The van der Waals surface area contributed by atoms with Crippen molar-refractivity contribution in [1.29, 1.82) is 0 Å². The molecule has 1 nitrogen and oxygen atoms in total. The van der Waals surface area contributed by atoms with Crippen LogP contribution in [0.3, 0.4) is 0 Å². The lowest BCUT2D eigenvalue weighted by Gasteiger charge is -2.15. The molecule has 0 aliphatic carbocycles. The summed E-state index contributed by atoms with van der Waals surface area (Å²) in [6, 6.07) is 12.0. The molecule has 19 heavy (non-hydrogen) atoms. The van der Waals surface area contributed by atoms with Crippen LogP contribution >= 0.6 is 22.6 Å². The van der Waals surface area contributed by atoms with Crippen LogP contribution < -0.4 is 5.73 Å². The molecule has 2 aromatic carbocycles. The van der Waals surface area contributed by atoms with Crippen molar-refractivity contribution in [3.05, 3.63) is 68.8 Å². The summed E-state index contributed by atoms with van der Waals surface area (Å²) in [6.45, 7) is 0. The van der Waals surface area contributed by atoms with E-state index in [0.717, 1.165) is 21.3 Å². The molecular weight excluding hydrogens is 366 g/mol. The van der Waals surface area contributed by atoms with Crippen LogP contribution in [0.2, 0.25) is 0 Å². The van der Waals surface area contributed by atoms with Gasteiger partial charge in [0.1, 0.15) is 0 Å². The second-order valence-electron chi connectivity index (χ2n) is 4.15. The third-order valence-corrected chi connectivity index (χ3v) is 3.52. The van der Waals surface area contributed by atoms with Gasteiger partial charge in [-0.05, 0) is 58.0 Å². The highest BCUT2D eigenvalue weighted by molar-refractivity contribution is 14.1. The summed E-state index contributed by atoms with van der Waals surface area (Å²) in [6.07, 6.45) is -4.35. The lowest BCUT2D eigenvalue weighted by atomic mass is 9.98. The Hall–Kier alpha value is -1.08. The Labute approximate surface area is 122 Å². The van der Waals surface area contributed by atoms with Gasteiger partial charge in [0.15, 0.2) is 0 Å². The number of rotatable bonds is 2. The second kappa shape index (κ2) is 5.50. The molecule has 1 unspecified atom stereocenters. The lowest BCUT2D eigenvalue weighted by molar-refractivity contribution is -0.137. The molecule has 5 heteroatoms. The molecule has 0 amide bonds. The highest BCUT2D eigenvalue weighted by Gasteiger charge is 2.30. The monoisotopic (exact) mass is 377 g/mol. The van der Waals surface area contributed by atoms with Crippen molar-refractivity contribution in [1.82, 2.24) is 0 Å². The maximum absolute atomic E-state index is 12.6. The van der Waals surface area contributed by atoms with Crippen LogP contribution in [0.1, 0.15) is 22.7 Å². The van der Waals surface area contributed by atoms with Gasteiger partial charge in [-0.2, -0.15) is 13.2 Å². The summed E-state index contributed by atoms with van der Waals surface area (Å²) in [4.78, 5) is 0. The van der Waals surface area contributed by atoms with Gasteiger partial charge in [0.05, 0.1) is 11.6 Å². The summed E-state index contributed by atoms with van der Waals surface area (Å²) in [5, 5.41) is 0. The van der Waals surface area contributed by atoms with Crippen molar-refractivity contribution in [3.63, 3.8) is 0 Å². The molecule has 0 radical (unpaired) electrons. The van der Waals surface area contributed by atoms with E-state index < -0.39 is 17.8 Å². The normalized spacial score (nSPS) is 13.3. The van der Waals surface area contributed by atoms with Crippen molar-refractivity contribution >= 4 is 22.6 Å². The van der Waals surface area contributed by atoms with Crippen LogP contribution in [0.15, 0.2) is 48.5 Å². The Morgan fingerprint density at radius 1 is 0.947 bits per heavy atom. The molecule has 2 N–H and O–H groups in total. The maximum Gasteiger partial charge on any atom is 0.416 e. The Morgan fingerprint density at radius 3 is 2.16 bits per heavy atom. The van der Waals surface area contributed by atoms with Crippen LogP contribution in [-0.4, -0.2) is 0 Å². The average molecular weight is 377 g/mol. The lowest BCUT2D eigenvalue weighted by Crippen LogP contribution is -2.13. The number of benzene rings is 2. The van der Waals surface area contributed by atoms with Gasteiger partial charge >= 0.3 is 6.18 Å². The summed E-state index contributed by atoms with van der Waals surface area (Å²) < 4.78 is 39.0. The number of hydrogen-bond donors (Lipinski definition) is 1. The highest BCUT2D eigenvalue weighted by atomic mass is 127. The number of halogens is 4. The maximum atomic E-state index is 12.6. The average Bonchev–Trinajstić information content (AvgIpc) is 2.38. The molecule has 1 atom stereocenters. The third-order valence-electron chi connectivity index (χ3n) is 2.80. The fourth-order valence-corrected chi connectivity index (χ4v) is 2.13. The van der Waals surface area contributed by atoms with E-state index in [4.69, 9.17) is 5.73 Å². The summed E-state index contributed by atoms with van der Waals surface area (Å²) >= 11 is 2.16. The van der Waals surface area contributed by atoms with E-state index in [1.165, 1.54) is 6.07 Å². The molecule has 0 spiro atoms. The Bertz CT molecular complexity index is 564. The van der Waals surface area contributed by atoms with Crippen LogP contribution in [-0.2, 0) is 6.18 Å². The van der Waals surface area contributed by atoms with Gasteiger partial charge in [0, 0.05) is 3.57 Å². The van der Waals surface area contributed by atoms with Gasteiger partial charge in [0.2, 0.25) is 0 Å². The van der Waals surface area contributed by atoms with Crippen LogP contribution in [0.5, 0.6) is 0 Å². The Kier molecular flexibility index (Phi) is 4.15. The fourth-order valence-electron chi connectivity index (χ4n) is 1.77. The van der Waals surface area contributed by atoms with E-state index in [2.05, 4.69) is 22.6 Å². The van der Waals surface area contributed by atoms with Crippen molar-refractivity contribution in [2.45, 2.75) is 12.2 Å².